The molecular weight excluding hydrogens is 402 g/mol. The third-order valence-corrected chi connectivity index (χ3v) is 5.03. The molecule has 8 nitrogen and oxygen atoms in total. The predicted molar refractivity (Wildman–Crippen MR) is 114 cm³/mol. The number of carbonyl (C=O) groups excluding carboxylic acids is 2. The van der Waals surface area contributed by atoms with Crippen LogP contribution in [-0.2, 0) is 11.3 Å². The standard InChI is InChI=1S/C21H19N5O3S/c1-13-10-17(25-26(13)15-6-4-3-5-7-15)20(28)24-21-23-18(12-30-21)19-9-8-16(29-19)11-22-14(2)27/h3-10,12H,11H2,1-2H3,(H,22,27)(H,23,24,28). The molecule has 9 heteroatoms. The van der Waals surface area contributed by atoms with Crippen molar-refractivity contribution in [3.63, 3.8) is 0 Å². The minimum Gasteiger partial charge on any atom is -0.458 e. The summed E-state index contributed by atoms with van der Waals surface area (Å²) in [4.78, 5) is 28.0. The number of nitrogens with zero attached hydrogens (tertiary/aromatic N) is 3. The van der Waals surface area contributed by atoms with Crippen LogP contribution in [0.4, 0.5) is 5.13 Å². The molecule has 2 N–H and O–H groups in total. The number of para-hydroxylation sites is 1. The summed E-state index contributed by atoms with van der Waals surface area (Å²) in [5.41, 5.74) is 2.66. The van der Waals surface area contributed by atoms with Gasteiger partial charge in [-0.15, -0.1) is 11.3 Å². The molecule has 0 fully saturated rings. The molecule has 0 saturated carbocycles. The number of hydrogen-bond donors (Lipinski definition) is 2. The van der Waals surface area contributed by atoms with E-state index in [1.807, 2.05) is 37.3 Å². The number of carbonyl (C=O) groups is 2. The Labute approximate surface area is 176 Å². The lowest BCUT2D eigenvalue weighted by Crippen LogP contribution is -2.18. The van der Waals surface area contributed by atoms with Crippen LogP contribution in [0.15, 0.2) is 58.3 Å². The SMILES string of the molecule is CC(=O)NCc1ccc(-c2csc(NC(=O)c3cc(C)n(-c4ccccc4)n3)n2)o1. The molecule has 0 atom stereocenters. The number of amides is 2. The summed E-state index contributed by atoms with van der Waals surface area (Å²) in [7, 11) is 0. The number of benzene rings is 1. The number of furan rings is 1. The summed E-state index contributed by atoms with van der Waals surface area (Å²) < 4.78 is 7.42. The number of aromatic nitrogens is 3. The van der Waals surface area contributed by atoms with Crippen molar-refractivity contribution in [2.24, 2.45) is 0 Å². The number of anilines is 1. The van der Waals surface area contributed by atoms with Crippen molar-refractivity contribution in [1.82, 2.24) is 20.1 Å². The highest BCUT2D eigenvalue weighted by molar-refractivity contribution is 7.14. The smallest absolute Gasteiger partial charge is 0.277 e. The molecule has 0 aliphatic heterocycles. The molecule has 4 aromatic rings. The van der Waals surface area contributed by atoms with Gasteiger partial charge in [0.05, 0.1) is 12.2 Å². The fraction of sp³-hybridized carbons (Fsp3) is 0.143. The van der Waals surface area contributed by atoms with E-state index in [0.717, 1.165) is 11.4 Å². The van der Waals surface area contributed by atoms with E-state index >= 15 is 0 Å². The van der Waals surface area contributed by atoms with Gasteiger partial charge in [0.2, 0.25) is 5.91 Å². The molecule has 30 heavy (non-hydrogen) atoms. The van der Waals surface area contributed by atoms with Gasteiger partial charge in [0.25, 0.3) is 5.91 Å². The van der Waals surface area contributed by atoms with Crippen molar-refractivity contribution >= 4 is 28.3 Å². The fourth-order valence-corrected chi connectivity index (χ4v) is 3.54. The van der Waals surface area contributed by atoms with E-state index in [4.69, 9.17) is 4.42 Å². The second kappa shape index (κ2) is 8.34. The minimum absolute atomic E-state index is 0.128. The molecule has 1 aromatic carbocycles. The van der Waals surface area contributed by atoms with Gasteiger partial charge >= 0.3 is 0 Å². The average molecular weight is 421 g/mol. The monoisotopic (exact) mass is 421 g/mol. The average Bonchev–Trinajstić information content (AvgIpc) is 3.46. The van der Waals surface area contributed by atoms with Gasteiger partial charge in [-0.1, -0.05) is 18.2 Å². The molecule has 0 aliphatic carbocycles. The molecule has 0 unspecified atom stereocenters. The van der Waals surface area contributed by atoms with Crippen LogP contribution >= 0.6 is 11.3 Å². The summed E-state index contributed by atoms with van der Waals surface area (Å²) in [6.07, 6.45) is 0. The molecule has 0 spiro atoms. The Balaban J connectivity index is 1.45. The summed E-state index contributed by atoms with van der Waals surface area (Å²) in [5, 5.41) is 12.1. The predicted octanol–water partition coefficient (Wildman–Crippen LogP) is 3.79. The first kappa shape index (κ1) is 19.6. The van der Waals surface area contributed by atoms with Gasteiger partial charge in [-0.3, -0.25) is 14.9 Å². The van der Waals surface area contributed by atoms with Gasteiger partial charge in [-0.05, 0) is 37.3 Å². The van der Waals surface area contributed by atoms with Crippen LogP contribution in [0, 0.1) is 6.92 Å². The van der Waals surface area contributed by atoms with Crippen molar-refractivity contribution in [2.45, 2.75) is 20.4 Å². The Bertz CT molecular complexity index is 1190. The van der Waals surface area contributed by atoms with Crippen molar-refractivity contribution in [2.75, 3.05) is 5.32 Å². The van der Waals surface area contributed by atoms with E-state index in [0.29, 0.717) is 34.6 Å². The van der Waals surface area contributed by atoms with Gasteiger partial charge in [0.15, 0.2) is 16.6 Å². The summed E-state index contributed by atoms with van der Waals surface area (Å²) in [6.45, 7) is 3.66. The van der Waals surface area contributed by atoms with Crippen LogP contribution < -0.4 is 10.6 Å². The Morgan fingerprint density at radius 2 is 1.97 bits per heavy atom. The topological polar surface area (TPSA) is 102 Å². The lowest BCUT2D eigenvalue weighted by atomic mass is 10.3. The zero-order valence-electron chi connectivity index (χ0n) is 16.4. The van der Waals surface area contributed by atoms with Gasteiger partial charge in [-0.2, -0.15) is 5.10 Å². The van der Waals surface area contributed by atoms with E-state index in [9.17, 15) is 9.59 Å². The summed E-state index contributed by atoms with van der Waals surface area (Å²) in [6, 6.07) is 14.9. The lowest BCUT2D eigenvalue weighted by molar-refractivity contribution is -0.119. The highest BCUT2D eigenvalue weighted by atomic mass is 32.1. The second-order valence-electron chi connectivity index (χ2n) is 6.59. The highest BCUT2D eigenvalue weighted by Gasteiger charge is 2.16. The maximum absolute atomic E-state index is 12.6. The second-order valence-corrected chi connectivity index (χ2v) is 7.44. The Morgan fingerprint density at radius 1 is 1.17 bits per heavy atom. The van der Waals surface area contributed by atoms with Crippen LogP contribution in [0.5, 0.6) is 0 Å². The normalized spacial score (nSPS) is 10.7. The molecule has 0 bridgehead atoms. The van der Waals surface area contributed by atoms with Gasteiger partial charge in [-0.25, -0.2) is 9.67 Å². The molecule has 4 rings (SSSR count). The first-order valence-electron chi connectivity index (χ1n) is 9.22. The van der Waals surface area contributed by atoms with Crippen LogP contribution in [0.2, 0.25) is 0 Å². The summed E-state index contributed by atoms with van der Waals surface area (Å²) in [5.74, 6) is 0.730. The molecule has 152 valence electrons. The third kappa shape index (κ3) is 4.31. The third-order valence-electron chi connectivity index (χ3n) is 4.27. The largest absolute Gasteiger partial charge is 0.458 e. The van der Waals surface area contributed by atoms with Crippen molar-refractivity contribution in [3.8, 4) is 17.1 Å². The van der Waals surface area contributed by atoms with E-state index in [2.05, 4.69) is 20.7 Å². The van der Waals surface area contributed by atoms with Gasteiger partial charge in [0, 0.05) is 18.0 Å². The van der Waals surface area contributed by atoms with E-state index < -0.39 is 0 Å². The van der Waals surface area contributed by atoms with E-state index in [1.165, 1.54) is 18.3 Å². The van der Waals surface area contributed by atoms with Crippen LogP contribution in [0.3, 0.4) is 0 Å². The summed E-state index contributed by atoms with van der Waals surface area (Å²) >= 11 is 1.29. The minimum atomic E-state index is -0.334. The Kier molecular flexibility index (Phi) is 5.44. The maximum Gasteiger partial charge on any atom is 0.277 e. The zero-order valence-corrected chi connectivity index (χ0v) is 17.2. The number of thiazole rings is 1. The van der Waals surface area contributed by atoms with Crippen molar-refractivity contribution in [1.29, 1.82) is 0 Å². The molecule has 3 aromatic heterocycles. The highest BCUT2D eigenvalue weighted by Crippen LogP contribution is 2.27. The molecule has 2 amide bonds. The Morgan fingerprint density at radius 3 is 2.73 bits per heavy atom. The molecular formula is C21H19N5O3S. The molecule has 0 radical (unpaired) electrons. The number of aryl methyl sites for hydroxylation is 1. The van der Waals surface area contributed by atoms with Crippen molar-refractivity contribution in [3.05, 3.63) is 71.1 Å². The Hall–Kier alpha value is -3.72. The van der Waals surface area contributed by atoms with Crippen LogP contribution in [-0.4, -0.2) is 26.6 Å². The number of rotatable bonds is 6. The molecule has 3 heterocycles. The van der Waals surface area contributed by atoms with E-state index in [1.54, 1.807) is 28.3 Å². The number of hydrogen-bond acceptors (Lipinski definition) is 6. The maximum atomic E-state index is 12.6. The first-order chi connectivity index (χ1) is 14.5. The van der Waals surface area contributed by atoms with Crippen LogP contribution in [0.25, 0.3) is 17.1 Å². The molecule has 0 aliphatic rings. The van der Waals surface area contributed by atoms with Gasteiger partial charge < -0.3 is 9.73 Å². The van der Waals surface area contributed by atoms with Gasteiger partial charge in [0.1, 0.15) is 11.5 Å². The lowest BCUT2D eigenvalue weighted by Gasteiger charge is -2.02. The molecule has 0 saturated heterocycles. The zero-order chi connectivity index (χ0) is 21.1. The number of nitrogens with one attached hydrogen (secondary N) is 2. The first-order valence-corrected chi connectivity index (χ1v) is 10.1. The van der Waals surface area contributed by atoms with Crippen molar-refractivity contribution < 1.29 is 14.0 Å². The van der Waals surface area contributed by atoms with E-state index in [-0.39, 0.29) is 11.8 Å². The fourth-order valence-electron chi connectivity index (χ4n) is 2.84. The quantitative estimate of drug-likeness (QED) is 0.493. The van der Waals surface area contributed by atoms with Crippen LogP contribution in [0.1, 0.15) is 28.9 Å².